The Morgan fingerprint density at radius 2 is 1.57 bits per heavy atom. The Balaban J connectivity index is 0.000000469. The average molecular weight is 448 g/mol. The van der Waals surface area contributed by atoms with Crippen molar-refractivity contribution in [2.75, 3.05) is 52.5 Å². The lowest BCUT2D eigenvalue weighted by atomic mass is 10.3. The number of nitrogens with zero attached hydrogens (tertiary/aromatic N) is 2. The molecule has 1 aromatic rings. The molecule has 1 aromatic carbocycles. The van der Waals surface area contributed by atoms with Gasteiger partial charge in [0.15, 0.2) is 11.5 Å². The van der Waals surface area contributed by atoms with Crippen molar-refractivity contribution < 1.29 is 47.9 Å². The van der Waals surface area contributed by atoms with Crippen LogP contribution in [0, 0.1) is 0 Å². The number of carboxylic acid groups (broad SMARTS) is 2. The molecule has 2 aliphatic rings. The maximum atomic E-state index is 12.8. The highest BCUT2D eigenvalue weighted by atomic mass is 32.2. The molecule has 4 N–H and O–H groups in total. The molecule has 0 aromatic heterocycles. The largest absolute Gasteiger partial charge is 0.486 e. The molecule has 2 aliphatic heterocycles. The number of benzene rings is 1. The van der Waals surface area contributed by atoms with Crippen LogP contribution in [0.5, 0.6) is 11.5 Å². The fraction of sp³-hybridized carbons (Fsp3) is 0.529. The summed E-state index contributed by atoms with van der Waals surface area (Å²) in [4.78, 5) is 20.3. The number of hydrogen-bond acceptors (Lipinski definition) is 9. The normalized spacial score (nSPS) is 18.1. The maximum absolute atomic E-state index is 12.8. The first-order chi connectivity index (χ1) is 14.1. The number of sulfonamides is 1. The number of fused-ring (bicyclic) bond motifs is 1. The van der Waals surface area contributed by atoms with Gasteiger partial charge in [-0.05, 0) is 12.1 Å². The van der Waals surface area contributed by atoms with E-state index in [4.69, 9.17) is 34.4 Å². The predicted molar refractivity (Wildman–Crippen MR) is 101 cm³/mol. The topological polar surface area (TPSA) is 174 Å². The molecule has 2 heterocycles. The summed E-state index contributed by atoms with van der Waals surface area (Å²) >= 11 is 0. The van der Waals surface area contributed by atoms with E-state index in [0.29, 0.717) is 57.4 Å². The lowest BCUT2D eigenvalue weighted by molar-refractivity contribution is -0.159. The van der Waals surface area contributed by atoms with Crippen LogP contribution in [0.3, 0.4) is 0 Å². The Hall–Kier alpha value is -2.45. The summed E-state index contributed by atoms with van der Waals surface area (Å²) in [6, 6.07) is 4.66. The monoisotopic (exact) mass is 448 g/mol. The van der Waals surface area contributed by atoms with E-state index in [9.17, 15) is 13.5 Å². The lowest BCUT2D eigenvalue weighted by Gasteiger charge is -2.34. The number of piperazine rings is 1. The molecule has 0 amide bonds. The van der Waals surface area contributed by atoms with Gasteiger partial charge in [-0.15, -0.1) is 0 Å². The predicted octanol–water partition coefficient (Wildman–Crippen LogP) is -1.73. The Morgan fingerprint density at radius 3 is 2.10 bits per heavy atom. The fourth-order valence-electron chi connectivity index (χ4n) is 2.84. The number of aliphatic carboxylic acids is 2. The van der Waals surface area contributed by atoms with Crippen molar-refractivity contribution in [1.29, 1.82) is 0 Å². The summed E-state index contributed by atoms with van der Waals surface area (Å²) in [6.07, 6.45) is -0.800. The standard InChI is InChI=1S/C15H22N2O6S.C2H2O4/c18-11-12(19)10-16-3-5-17(6-4-16)24(20,21)13-1-2-14-15(9-13)23-8-7-22-14;3-1(4)2(5)6/h1-2,9,12,18-19H,3-8,10-11H2;(H,3,4)(H,5,6). The zero-order valence-corrected chi connectivity index (χ0v) is 16.8. The van der Waals surface area contributed by atoms with E-state index in [0.717, 1.165) is 0 Å². The van der Waals surface area contributed by atoms with Crippen molar-refractivity contribution in [3.05, 3.63) is 18.2 Å². The number of aliphatic hydroxyl groups is 2. The second kappa shape index (κ2) is 10.5. The molecule has 3 rings (SSSR count). The molecule has 168 valence electrons. The fourth-order valence-corrected chi connectivity index (χ4v) is 4.28. The van der Waals surface area contributed by atoms with E-state index in [-0.39, 0.29) is 11.5 Å². The third kappa shape index (κ3) is 6.27. The molecule has 30 heavy (non-hydrogen) atoms. The van der Waals surface area contributed by atoms with Crippen LogP contribution in [0.15, 0.2) is 23.1 Å². The molecule has 0 spiro atoms. The smallest absolute Gasteiger partial charge is 0.414 e. The Labute approximate surface area is 172 Å². The lowest BCUT2D eigenvalue weighted by Crippen LogP contribution is -2.50. The molecular weight excluding hydrogens is 424 g/mol. The van der Waals surface area contributed by atoms with Gasteiger partial charge < -0.3 is 29.9 Å². The highest BCUT2D eigenvalue weighted by Crippen LogP contribution is 2.33. The number of rotatable bonds is 5. The van der Waals surface area contributed by atoms with Crippen LogP contribution in [-0.2, 0) is 19.6 Å². The first kappa shape index (κ1) is 23.8. The van der Waals surface area contributed by atoms with Gasteiger partial charge in [0.25, 0.3) is 0 Å². The van der Waals surface area contributed by atoms with Crippen LogP contribution < -0.4 is 9.47 Å². The van der Waals surface area contributed by atoms with Gasteiger partial charge in [-0.3, -0.25) is 4.90 Å². The molecular formula is C17H24N2O10S. The van der Waals surface area contributed by atoms with Gasteiger partial charge in [-0.25, -0.2) is 18.0 Å². The van der Waals surface area contributed by atoms with Gasteiger partial charge in [0.1, 0.15) is 13.2 Å². The first-order valence-electron chi connectivity index (χ1n) is 9.02. The van der Waals surface area contributed by atoms with E-state index < -0.39 is 28.1 Å². The maximum Gasteiger partial charge on any atom is 0.414 e. The minimum Gasteiger partial charge on any atom is -0.486 e. The van der Waals surface area contributed by atoms with Crippen molar-refractivity contribution in [1.82, 2.24) is 9.21 Å². The Morgan fingerprint density at radius 1 is 1.00 bits per heavy atom. The molecule has 13 heteroatoms. The highest BCUT2D eigenvalue weighted by molar-refractivity contribution is 7.89. The van der Waals surface area contributed by atoms with Crippen LogP contribution in [0.1, 0.15) is 0 Å². The average Bonchev–Trinajstić information content (AvgIpc) is 2.74. The number of carboxylic acids is 2. The van der Waals surface area contributed by atoms with E-state index in [1.807, 2.05) is 4.90 Å². The van der Waals surface area contributed by atoms with E-state index in [2.05, 4.69) is 0 Å². The third-order valence-corrected chi connectivity index (χ3v) is 6.24. The molecule has 0 radical (unpaired) electrons. The van der Waals surface area contributed by atoms with Crippen LogP contribution in [0.2, 0.25) is 0 Å². The summed E-state index contributed by atoms with van der Waals surface area (Å²) < 4.78 is 37.9. The molecule has 1 atom stereocenters. The van der Waals surface area contributed by atoms with Crippen LogP contribution in [-0.4, -0.2) is 109 Å². The van der Waals surface area contributed by atoms with Crippen LogP contribution in [0.4, 0.5) is 0 Å². The minimum absolute atomic E-state index is 0.190. The summed E-state index contributed by atoms with van der Waals surface area (Å²) in [5, 5.41) is 33.1. The first-order valence-corrected chi connectivity index (χ1v) is 10.5. The van der Waals surface area contributed by atoms with Gasteiger partial charge in [-0.1, -0.05) is 0 Å². The zero-order chi connectivity index (χ0) is 22.3. The summed E-state index contributed by atoms with van der Waals surface area (Å²) in [5.41, 5.74) is 0. The highest BCUT2D eigenvalue weighted by Gasteiger charge is 2.30. The van der Waals surface area contributed by atoms with Gasteiger partial charge in [0.05, 0.1) is 17.6 Å². The second-order valence-electron chi connectivity index (χ2n) is 6.46. The molecule has 1 unspecified atom stereocenters. The molecule has 12 nitrogen and oxygen atoms in total. The van der Waals surface area contributed by atoms with Crippen molar-refractivity contribution in [3.63, 3.8) is 0 Å². The summed E-state index contributed by atoms with van der Waals surface area (Å²) in [5.74, 6) is -2.64. The number of aliphatic hydroxyl groups excluding tert-OH is 2. The quantitative estimate of drug-likeness (QED) is 0.377. The van der Waals surface area contributed by atoms with E-state index >= 15 is 0 Å². The van der Waals surface area contributed by atoms with Gasteiger partial charge >= 0.3 is 11.9 Å². The number of hydrogen-bond donors (Lipinski definition) is 4. The zero-order valence-electron chi connectivity index (χ0n) is 16.0. The third-order valence-electron chi connectivity index (χ3n) is 4.35. The van der Waals surface area contributed by atoms with Gasteiger partial charge in [-0.2, -0.15) is 4.31 Å². The van der Waals surface area contributed by atoms with Crippen molar-refractivity contribution in [2.24, 2.45) is 0 Å². The van der Waals surface area contributed by atoms with E-state index in [1.54, 1.807) is 6.07 Å². The molecule has 1 saturated heterocycles. The number of ether oxygens (including phenoxy) is 2. The second-order valence-corrected chi connectivity index (χ2v) is 8.39. The van der Waals surface area contributed by atoms with Crippen LogP contribution in [0.25, 0.3) is 0 Å². The van der Waals surface area contributed by atoms with Crippen molar-refractivity contribution in [3.8, 4) is 11.5 Å². The summed E-state index contributed by atoms with van der Waals surface area (Å²) in [7, 11) is -3.59. The van der Waals surface area contributed by atoms with Gasteiger partial charge in [0, 0.05) is 38.8 Å². The van der Waals surface area contributed by atoms with Crippen molar-refractivity contribution in [2.45, 2.75) is 11.0 Å². The number of β-amino-alcohol motifs (C(OH)–C–C–N with tert-alkyl or cyclic N) is 1. The SMILES string of the molecule is O=C(O)C(=O)O.O=S(=O)(c1ccc2c(c1)OCCO2)N1CCN(CC(O)CO)CC1. The molecule has 0 aliphatic carbocycles. The molecule has 0 saturated carbocycles. The summed E-state index contributed by atoms with van der Waals surface area (Å²) in [6.45, 7) is 2.62. The van der Waals surface area contributed by atoms with Crippen LogP contribution >= 0.6 is 0 Å². The van der Waals surface area contributed by atoms with Crippen molar-refractivity contribution >= 4 is 22.0 Å². The minimum atomic E-state index is -3.59. The Kier molecular flexibility index (Phi) is 8.37. The Bertz CT molecular complexity index is 840. The van der Waals surface area contributed by atoms with E-state index in [1.165, 1.54) is 16.4 Å². The number of carbonyl (C=O) groups is 2. The molecule has 1 fully saturated rings. The van der Waals surface area contributed by atoms with Gasteiger partial charge in [0.2, 0.25) is 10.0 Å². The molecule has 0 bridgehead atoms.